The molecule has 6 heteroatoms. The monoisotopic (exact) mass is 342 g/mol. The van der Waals surface area contributed by atoms with E-state index in [1.807, 2.05) is 0 Å². The quantitative estimate of drug-likeness (QED) is 0.894. The second-order valence-electron chi connectivity index (χ2n) is 5.58. The van der Waals surface area contributed by atoms with E-state index < -0.39 is 0 Å². The number of hydrogen-bond acceptors (Lipinski definition) is 2. The van der Waals surface area contributed by atoms with Gasteiger partial charge in [-0.05, 0) is 25.0 Å². The van der Waals surface area contributed by atoms with Crippen LogP contribution in [-0.4, -0.2) is 29.3 Å². The second-order valence-corrected chi connectivity index (χ2v) is 6.40. The average molecular weight is 343 g/mol. The number of halogens is 2. The van der Waals surface area contributed by atoms with Gasteiger partial charge in [-0.15, -0.1) is 0 Å². The van der Waals surface area contributed by atoms with Crippen LogP contribution >= 0.6 is 23.2 Å². The van der Waals surface area contributed by atoms with E-state index in [2.05, 4.69) is 5.32 Å². The van der Waals surface area contributed by atoms with Crippen LogP contribution in [0.2, 0.25) is 10.0 Å². The Bertz CT molecular complexity index is 537. The van der Waals surface area contributed by atoms with Crippen molar-refractivity contribution in [2.75, 3.05) is 11.9 Å². The summed E-state index contributed by atoms with van der Waals surface area (Å²) in [5, 5.41) is 3.47. The molecule has 2 amide bonds. The summed E-state index contributed by atoms with van der Waals surface area (Å²) in [5.41, 5.74) is 0.392. The Hall–Kier alpha value is -1.26. The Balaban J connectivity index is 2.03. The largest absolute Gasteiger partial charge is 0.331 e. The highest BCUT2D eigenvalue weighted by Crippen LogP contribution is 2.30. The third-order valence-electron chi connectivity index (χ3n) is 3.96. The van der Waals surface area contributed by atoms with Crippen molar-refractivity contribution in [3.8, 4) is 0 Å². The highest BCUT2D eigenvalue weighted by molar-refractivity contribution is 6.39. The Morgan fingerprint density at radius 1 is 1.18 bits per heavy atom. The standard InChI is InChI=1S/C16H20Cl2N2O2/c1-11(21)20(12-6-3-2-4-7-12)10-15(22)19-16-13(17)8-5-9-14(16)18/h5,8-9,12H,2-4,6-7,10H2,1H3,(H,19,22). The number of amides is 2. The molecule has 0 aromatic heterocycles. The first kappa shape index (κ1) is 17.1. The summed E-state index contributed by atoms with van der Waals surface area (Å²) in [6.45, 7) is 1.53. The lowest BCUT2D eigenvalue weighted by atomic mass is 9.94. The molecule has 1 N–H and O–H groups in total. The van der Waals surface area contributed by atoms with Gasteiger partial charge in [0.05, 0.1) is 15.7 Å². The van der Waals surface area contributed by atoms with E-state index >= 15 is 0 Å². The molecule has 0 unspecified atom stereocenters. The fourth-order valence-corrected chi connectivity index (χ4v) is 3.33. The molecule has 1 aliphatic rings. The van der Waals surface area contributed by atoms with Crippen LogP contribution in [0.1, 0.15) is 39.0 Å². The van der Waals surface area contributed by atoms with Crippen molar-refractivity contribution in [3.63, 3.8) is 0 Å². The molecule has 0 radical (unpaired) electrons. The van der Waals surface area contributed by atoms with E-state index in [4.69, 9.17) is 23.2 Å². The number of anilines is 1. The molecule has 0 saturated heterocycles. The Labute approximate surface area is 140 Å². The van der Waals surface area contributed by atoms with Crippen LogP contribution in [0.15, 0.2) is 18.2 Å². The maximum Gasteiger partial charge on any atom is 0.244 e. The van der Waals surface area contributed by atoms with Gasteiger partial charge in [0.25, 0.3) is 0 Å². The van der Waals surface area contributed by atoms with Crippen molar-refractivity contribution in [1.29, 1.82) is 0 Å². The number of para-hydroxylation sites is 1. The second kappa shape index (κ2) is 7.84. The van der Waals surface area contributed by atoms with Gasteiger partial charge >= 0.3 is 0 Å². The van der Waals surface area contributed by atoms with Gasteiger partial charge < -0.3 is 10.2 Å². The number of carbonyl (C=O) groups excluding carboxylic acids is 2. The molecule has 0 aliphatic heterocycles. The maximum absolute atomic E-state index is 12.3. The van der Waals surface area contributed by atoms with Crippen molar-refractivity contribution in [2.24, 2.45) is 0 Å². The molecule has 22 heavy (non-hydrogen) atoms. The number of carbonyl (C=O) groups is 2. The van der Waals surface area contributed by atoms with E-state index in [-0.39, 0.29) is 24.4 Å². The summed E-state index contributed by atoms with van der Waals surface area (Å²) >= 11 is 12.1. The van der Waals surface area contributed by atoms with Gasteiger partial charge in [-0.3, -0.25) is 9.59 Å². The normalized spacial score (nSPS) is 15.4. The van der Waals surface area contributed by atoms with Gasteiger partial charge in [-0.1, -0.05) is 48.5 Å². The van der Waals surface area contributed by atoms with Gasteiger partial charge in [0.2, 0.25) is 11.8 Å². The molecule has 1 saturated carbocycles. The average Bonchev–Trinajstić information content (AvgIpc) is 2.49. The third-order valence-corrected chi connectivity index (χ3v) is 4.59. The molecular formula is C16H20Cl2N2O2. The molecule has 1 aromatic carbocycles. The molecule has 0 bridgehead atoms. The SMILES string of the molecule is CC(=O)N(CC(=O)Nc1c(Cl)cccc1Cl)C1CCCCC1. The molecule has 1 aliphatic carbocycles. The minimum Gasteiger partial charge on any atom is -0.331 e. The summed E-state index contributed by atoms with van der Waals surface area (Å²) in [7, 11) is 0. The van der Waals surface area contributed by atoms with Crippen molar-refractivity contribution in [1.82, 2.24) is 4.90 Å². The minimum atomic E-state index is -0.282. The summed E-state index contributed by atoms with van der Waals surface area (Å²) in [6, 6.07) is 5.18. The summed E-state index contributed by atoms with van der Waals surface area (Å²) in [4.78, 5) is 25.8. The molecule has 0 atom stereocenters. The van der Waals surface area contributed by atoms with Gasteiger partial charge in [0.1, 0.15) is 6.54 Å². The topological polar surface area (TPSA) is 49.4 Å². The molecular weight excluding hydrogens is 323 g/mol. The number of rotatable bonds is 4. The van der Waals surface area contributed by atoms with E-state index in [1.54, 1.807) is 23.1 Å². The van der Waals surface area contributed by atoms with Crippen LogP contribution in [0.3, 0.4) is 0 Å². The van der Waals surface area contributed by atoms with Crippen LogP contribution in [0.4, 0.5) is 5.69 Å². The van der Waals surface area contributed by atoms with Crippen molar-refractivity contribution in [2.45, 2.75) is 45.1 Å². The van der Waals surface area contributed by atoms with Crippen molar-refractivity contribution >= 4 is 40.7 Å². The molecule has 0 spiro atoms. The molecule has 1 fully saturated rings. The first-order valence-corrected chi connectivity index (χ1v) is 8.25. The van der Waals surface area contributed by atoms with Crippen LogP contribution in [0.25, 0.3) is 0 Å². The minimum absolute atomic E-state index is 0.0293. The van der Waals surface area contributed by atoms with Crippen molar-refractivity contribution in [3.05, 3.63) is 28.2 Å². The predicted molar refractivity (Wildman–Crippen MR) is 89.4 cm³/mol. The van der Waals surface area contributed by atoms with E-state index in [1.165, 1.54) is 13.3 Å². The zero-order valence-electron chi connectivity index (χ0n) is 12.6. The molecule has 4 nitrogen and oxygen atoms in total. The maximum atomic E-state index is 12.3. The van der Waals surface area contributed by atoms with Gasteiger partial charge in [0.15, 0.2) is 0 Å². The lowest BCUT2D eigenvalue weighted by molar-refractivity contribution is -0.135. The van der Waals surface area contributed by atoms with Gasteiger partial charge in [0, 0.05) is 13.0 Å². The van der Waals surface area contributed by atoms with Gasteiger partial charge in [-0.25, -0.2) is 0 Å². The number of nitrogens with zero attached hydrogens (tertiary/aromatic N) is 1. The fraction of sp³-hybridized carbons (Fsp3) is 0.500. The number of nitrogens with one attached hydrogen (secondary N) is 1. The van der Waals surface area contributed by atoms with Crippen LogP contribution in [0, 0.1) is 0 Å². The summed E-state index contributed by atoms with van der Waals surface area (Å²) in [6.07, 6.45) is 5.32. The van der Waals surface area contributed by atoms with Gasteiger partial charge in [-0.2, -0.15) is 0 Å². The fourth-order valence-electron chi connectivity index (χ4n) is 2.84. The number of benzene rings is 1. The Morgan fingerprint density at radius 3 is 2.32 bits per heavy atom. The lowest BCUT2D eigenvalue weighted by Crippen LogP contribution is -2.44. The Morgan fingerprint density at radius 2 is 1.77 bits per heavy atom. The molecule has 1 aromatic rings. The lowest BCUT2D eigenvalue weighted by Gasteiger charge is -2.33. The van der Waals surface area contributed by atoms with E-state index in [9.17, 15) is 9.59 Å². The van der Waals surface area contributed by atoms with Crippen LogP contribution in [0.5, 0.6) is 0 Å². The van der Waals surface area contributed by atoms with Crippen molar-refractivity contribution < 1.29 is 9.59 Å². The molecule has 0 heterocycles. The predicted octanol–water partition coefficient (Wildman–Crippen LogP) is 4.11. The van der Waals surface area contributed by atoms with E-state index in [0.717, 1.165) is 25.7 Å². The first-order valence-electron chi connectivity index (χ1n) is 7.50. The Kier molecular flexibility index (Phi) is 6.09. The molecule has 2 rings (SSSR count). The first-order chi connectivity index (χ1) is 10.5. The summed E-state index contributed by atoms with van der Waals surface area (Å²) in [5.74, 6) is -0.358. The molecule has 120 valence electrons. The zero-order valence-corrected chi connectivity index (χ0v) is 14.1. The summed E-state index contributed by atoms with van der Waals surface area (Å²) < 4.78 is 0. The highest BCUT2D eigenvalue weighted by atomic mass is 35.5. The zero-order chi connectivity index (χ0) is 16.1. The smallest absolute Gasteiger partial charge is 0.244 e. The highest BCUT2D eigenvalue weighted by Gasteiger charge is 2.25. The number of hydrogen-bond donors (Lipinski definition) is 1. The van der Waals surface area contributed by atoms with Crippen LogP contribution < -0.4 is 5.32 Å². The van der Waals surface area contributed by atoms with Crippen LogP contribution in [-0.2, 0) is 9.59 Å². The third kappa shape index (κ3) is 4.37. The van der Waals surface area contributed by atoms with E-state index in [0.29, 0.717) is 15.7 Å².